The highest BCUT2D eigenvalue weighted by molar-refractivity contribution is 5.97. The lowest BCUT2D eigenvalue weighted by molar-refractivity contribution is 0.0997. The lowest BCUT2D eigenvalue weighted by Gasteiger charge is -2.23. The fourth-order valence-corrected chi connectivity index (χ4v) is 2.95. The number of amides is 1. The lowest BCUT2D eigenvalue weighted by Crippen LogP contribution is -2.15. The molecule has 1 aromatic carbocycles. The summed E-state index contributed by atoms with van der Waals surface area (Å²) in [6.45, 7) is 1.72. The molecule has 1 amide bonds. The number of carbonyl (C=O) groups is 1. The van der Waals surface area contributed by atoms with Crippen LogP contribution in [0.3, 0.4) is 0 Å². The van der Waals surface area contributed by atoms with Crippen LogP contribution in [0.1, 0.15) is 53.6 Å². The highest BCUT2D eigenvalue weighted by atomic mass is 16.3. The molecule has 0 aliphatic heterocycles. The van der Waals surface area contributed by atoms with Crippen molar-refractivity contribution in [3.8, 4) is 5.75 Å². The maximum atomic E-state index is 11.4. The molecule has 4 heteroatoms. The first kappa shape index (κ1) is 13.7. The van der Waals surface area contributed by atoms with Gasteiger partial charge in [0, 0.05) is 11.3 Å². The van der Waals surface area contributed by atoms with Crippen molar-refractivity contribution in [1.82, 2.24) is 0 Å². The molecule has 2 rings (SSSR count). The summed E-state index contributed by atoms with van der Waals surface area (Å²) >= 11 is 0. The Morgan fingerprint density at radius 1 is 1.37 bits per heavy atom. The number of phenols is 1. The molecule has 4 nitrogen and oxygen atoms in total. The summed E-state index contributed by atoms with van der Waals surface area (Å²) in [5.74, 6) is -0.0661. The highest BCUT2D eigenvalue weighted by Crippen LogP contribution is 2.34. The van der Waals surface area contributed by atoms with E-state index in [0.717, 1.165) is 12.0 Å². The second-order valence-electron chi connectivity index (χ2n) is 5.54. The fourth-order valence-electron chi connectivity index (χ4n) is 2.95. The average Bonchev–Trinajstić information content (AvgIpc) is 2.40. The zero-order valence-electron chi connectivity index (χ0n) is 11.4. The van der Waals surface area contributed by atoms with Crippen LogP contribution in [0.5, 0.6) is 5.75 Å². The van der Waals surface area contributed by atoms with Gasteiger partial charge in [0.15, 0.2) is 0 Å². The first-order chi connectivity index (χ1) is 9.00. The van der Waals surface area contributed by atoms with Gasteiger partial charge in [-0.2, -0.15) is 0 Å². The van der Waals surface area contributed by atoms with E-state index in [0.29, 0.717) is 17.2 Å². The normalized spacial score (nSPS) is 16.5. The first-order valence-corrected chi connectivity index (χ1v) is 6.91. The number of rotatable bonds is 3. The molecule has 0 spiro atoms. The van der Waals surface area contributed by atoms with Gasteiger partial charge in [-0.1, -0.05) is 32.1 Å². The molecule has 0 atom stereocenters. The third-order valence-electron chi connectivity index (χ3n) is 4.18. The number of hydrogen-bond acceptors (Lipinski definition) is 3. The predicted octanol–water partition coefficient (Wildman–Crippen LogP) is 2.50. The van der Waals surface area contributed by atoms with Crippen LogP contribution in [-0.4, -0.2) is 11.0 Å². The van der Waals surface area contributed by atoms with Gasteiger partial charge in [0.05, 0.1) is 5.56 Å². The fraction of sp³-hybridized carbons (Fsp3) is 0.533. The largest absolute Gasteiger partial charge is 0.507 e. The molecule has 1 aromatic rings. The smallest absolute Gasteiger partial charge is 0.252 e. The van der Waals surface area contributed by atoms with Crippen molar-refractivity contribution >= 4 is 11.6 Å². The third-order valence-corrected chi connectivity index (χ3v) is 4.18. The van der Waals surface area contributed by atoms with Gasteiger partial charge in [0.2, 0.25) is 0 Å². The van der Waals surface area contributed by atoms with Crippen LogP contribution in [-0.2, 0) is 6.42 Å². The van der Waals surface area contributed by atoms with Gasteiger partial charge >= 0.3 is 0 Å². The lowest BCUT2D eigenvalue weighted by atomic mass is 9.83. The van der Waals surface area contributed by atoms with Crippen molar-refractivity contribution in [1.29, 1.82) is 0 Å². The van der Waals surface area contributed by atoms with Crippen molar-refractivity contribution in [2.45, 2.75) is 45.4 Å². The van der Waals surface area contributed by atoms with E-state index in [-0.39, 0.29) is 11.3 Å². The van der Waals surface area contributed by atoms with Crippen molar-refractivity contribution in [3.05, 3.63) is 22.8 Å². The van der Waals surface area contributed by atoms with Gasteiger partial charge in [0.25, 0.3) is 5.91 Å². The Bertz CT molecular complexity index is 491. The molecular formula is C15H22N2O2. The molecule has 0 heterocycles. The maximum absolute atomic E-state index is 11.4. The minimum atomic E-state index is -0.606. The monoisotopic (exact) mass is 262 g/mol. The molecule has 0 unspecified atom stereocenters. The Labute approximate surface area is 113 Å². The molecule has 0 radical (unpaired) electrons. The second kappa shape index (κ2) is 5.51. The van der Waals surface area contributed by atoms with Crippen LogP contribution in [0.4, 0.5) is 5.69 Å². The average molecular weight is 262 g/mol. The number of benzene rings is 1. The van der Waals surface area contributed by atoms with Gasteiger partial charge in [-0.05, 0) is 30.9 Å². The van der Waals surface area contributed by atoms with Crippen molar-refractivity contribution in [3.63, 3.8) is 0 Å². The van der Waals surface area contributed by atoms with Crippen LogP contribution >= 0.6 is 0 Å². The Morgan fingerprint density at radius 2 is 2.00 bits per heavy atom. The van der Waals surface area contributed by atoms with E-state index >= 15 is 0 Å². The van der Waals surface area contributed by atoms with Crippen LogP contribution in [0.15, 0.2) is 6.07 Å². The number of nitrogen functional groups attached to an aromatic ring is 1. The molecule has 0 aromatic heterocycles. The molecule has 1 aliphatic rings. The zero-order valence-corrected chi connectivity index (χ0v) is 11.4. The molecule has 19 heavy (non-hydrogen) atoms. The standard InChI is InChI=1S/C15H22N2O2/c1-9-13(16)11(7-10-5-3-2-4-6-10)8-12(14(9)18)15(17)19/h8,10,18H,2-7,16H2,1H3,(H2,17,19). The van der Waals surface area contributed by atoms with Crippen molar-refractivity contribution < 1.29 is 9.90 Å². The Morgan fingerprint density at radius 3 is 2.58 bits per heavy atom. The van der Waals surface area contributed by atoms with Gasteiger partial charge < -0.3 is 16.6 Å². The Kier molecular flexibility index (Phi) is 3.98. The number of nitrogens with two attached hydrogens (primary N) is 2. The van der Waals surface area contributed by atoms with Crippen LogP contribution < -0.4 is 11.5 Å². The van der Waals surface area contributed by atoms with Crippen molar-refractivity contribution in [2.75, 3.05) is 5.73 Å². The number of carbonyl (C=O) groups excluding carboxylic acids is 1. The van der Waals surface area contributed by atoms with Crippen LogP contribution in [0, 0.1) is 12.8 Å². The summed E-state index contributed by atoms with van der Waals surface area (Å²) in [5.41, 5.74) is 13.6. The third kappa shape index (κ3) is 2.83. The number of primary amides is 1. The first-order valence-electron chi connectivity index (χ1n) is 6.91. The summed E-state index contributed by atoms with van der Waals surface area (Å²) in [7, 11) is 0. The summed E-state index contributed by atoms with van der Waals surface area (Å²) in [6, 6.07) is 1.66. The molecule has 0 bridgehead atoms. The highest BCUT2D eigenvalue weighted by Gasteiger charge is 2.20. The summed E-state index contributed by atoms with van der Waals surface area (Å²) in [6.07, 6.45) is 7.14. The summed E-state index contributed by atoms with van der Waals surface area (Å²) < 4.78 is 0. The quantitative estimate of drug-likeness (QED) is 0.731. The predicted molar refractivity (Wildman–Crippen MR) is 76.1 cm³/mol. The minimum Gasteiger partial charge on any atom is -0.507 e. The molecule has 5 N–H and O–H groups in total. The van der Waals surface area contributed by atoms with Crippen LogP contribution in [0.25, 0.3) is 0 Å². The zero-order chi connectivity index (χ0) is 14.0. The van der Waals surface area contributed by atoms with Gasteiger partial charge in [0.1, 0.15) is 5.75 Å². The Balaban J connectivity index is 2.31. The van der Waals surface area contributed by atoms with Crippen molar-refractivity contribution in [2.24, 2.45) is 11.7 Å². The summed E-state index contributed by atoms with van der Waals surface area (Å²) in [5, 5.41) is 9.90. The van der Waals surface area contributed by atoms with E-state index < -0.39 is 5.91 Å². The molecule has 0 saturated heterocycles. The minimum absolute atomic E-state index is 0.0857. The number of aromatic hydroxyl groups is 1. The van der Waals surface area contributed by atoms with E-state index in [1.165, 1.54) is 32.1 Å². The molecule has 1 aliphatic carbocycles. The number of hydrogen-bond donors (Lipinski definition) is 3. The van der Waals surface area contributed by atoms with Gasteiger partial charge in [-0.15, -0.1) is 0 Å². The topological polar surface area (TPSA) is 89.3 Å². The molecule has 1 saturated carbocycles. The SMILES string of the molecule is Cc1c(N)c(CC2CCCCC2)cc(C(N)=O)c1O. The van der Waals surface area contributed by atoms with E-state index in [1.807, 2.05) is 0 Å². The van der Waals surface area contributed by atoms with E-state index in [2.05, 4.69) is 0 Å². The Hall–Kier alpha value is -1.71. The van der Waals surface area contributed by atoms with E-state index in [9.17, 15) is 9.90 Å². The van der Waals surface area contributed by atoms with E-state index in [4.69, 9.17) is 11.5 Å². The van der Waals surface area contributed by atoms with E-state index in [1.54, 1.807) is 13.0 Å². The molecule has 1 fully saturated rings. The molecule has 104 valence electrons. The van der Waals surface area contributed by atoms with Crippen LogP contribution in [0.2, 0.25) is 0 Å². The second-order valence-corrected chi connectivity index (χ2v) is 5.54. The van der Waals surface area contributed by atoms with Gasteiger partial charge in [-0.3, -0.25) is 4.79 Å². The van der Waals surface area contributed by atoms with Gasteiger partial charge in [-0.25, -0.2) is 0 Å². The molecular weight excluding hydrogens is 240 g/mol. The number of anilines is 1. The summed E-state index contributed by atoms with van der Waals surface area (Å²) in [4.78, 5) is 11.4. The maximum Gasteiger partial charge on any atom is 0.252 e.